The summed E-state index contributed by atoms with van der Waals surface area (Å²) in [7, 11) is 0. The molecule has 1 aliphatic heterocycles. The predicted octanol–water partition coefficient (Wildman–Crippen LogP) is 6.31. The van der Waals surface area contributed by atoms with Crippen molar-refractivity contribution in [3.63, 3.8) is 0 Å². The standard InChI is InChI=1S/C28H32ClNO/c29-27-16-14-23(15-17-27)9-7-8-20-30-21-18-26(19-22-30)28(31,24-10-3-1-4-11-24)25-12-5-2-6-13-25/h1-6,10-17,26,31H,7-9,18-22H2. The van der Waals surface area contributed by atoms with Crippen molar-refractivity contribution < 1.29 is 5.11 Å². The fourth-order valence-electron chi connectivity index (χ4n) is 4.91. The molecular weight excluding hydrogens is 402 g/mol. The second-order valence-corrected chi connectivity index (χ2v) is 9.13. The molecule has 0 aliphatic carbocycles. The van der Waals surface area contributed by atoms with E-state index in [9.17, 15) is 5.11 Å². The summed E-state index contributed by atoms with van der Waals surface area (Å²) in [6.07, 6.45) is 5.53. The Bertz CT molecular complexity index is 879. The lowest BCUT2D eigenvalue weighted by Gasteiger charge is -2.42. The number of hydrogen-bond donors (Lipinski definition) is 1. The van der Waals surface area contributed by atoms with E-state index in [0.29, 0.717) is 0 Å². The van der Waals surface area contributed by atoms with Gasteiger partial charge in [0.1, 0.15) is 5.60 Å². The van der Waals surface area contributed by atoms with Crippen LogP contribution in [0.1, 0.15) is 42.4 Å². The van der Waals surface area contributed by atoms with Crippen LogP contribution in [0.3, 0.4) is 0 Å². The van der Waals surface area contributed by atoms with E-state index in [1.165, 1.54) is 18.4 Å². The summed E-state index contributed by atoms with van der Waals surface area (Å²) in [6.45, 7) is 3.23. The maximum atomic E-state index is 12.0. The minimum atomic E-state index is -0.927. The fraction of sp³-hybridized carbons (Fsp3) is 0.357. The molecule has 1 aliphatic rings. The van der Waals surface area contributed by atoms with Crippen LogP contribution >= 0.6 is 11.6 Å². The SMILES string of the molecule is OC(c1ccccc1)(c1ccccc1)C1CCN(CCCCc2ccc(Cl)cc2)CC1. The minimum absolute atomic E-state index is 0.225. The van der Waals surface area contributed by atoms with Crippen molar-refractivity contribution >= 4 is 11.6 Å². The van der Waals surface area contributed by atoms with Crippen LogP contribution in [0.15, 0.2) is 84.9 Å². The van der Waals surface area contributed by atoms with E-state index in [0.717, 1.165) is 55.0 Å². The van der Waals surface area contributed by atoms with E-state index < -0.39 is 5.60 Å². The lowest BCUT2D eigenvalue weighted by molar-refractivity contribution is -0.0143. The first-order valence-electron chi connectivity index (χ1n) is 11.5. The number of aryl methyl sites for hydroxylation is 1. The molecule has 0 saturated carbocycles. The average molecular weight is 434 g/mol. The third-order valence-electron chi connectivity index (χ3n) is 6.71. The number of nitrogens with zero attached hydrogens (tertiary/aromatic N) is 1. The van der Waals surface area contributed by atoms with E-state index in [1.54, 1.807) is 0 Å². The number of aliphatic hydroxyl groups is 1. The van der Waals surface area contributed by atoms with Gasteiger partial charge in [-0.1, -0.05) is 84.4 Å². The maximum Gasteiger partial charge on any atom is 0.117 e. The van der Waals surface area contributed by atoms with Crippen LogP contribution < -0.4 is 0 Å². The summed E-state index contributed by atoms with van der Waals surface area (Å²) in [4.78, 5) is 2.56. The van der Waals surface area contributed by atoms with Gasteiger partial charge in [-0.15, -0.1) is 0 Å². The van der Waals surface area contributed by atoms with Crippen molar-refractivity contribution in [1.29, 1.82) is 0 Å². The summed E-state index contributed by atoms with van der Waals surface area (Å²) in [5.41, 5.74) is 2.44. The first-order valence-corrected chi connectivity index (χ1v) is 11.8. The zero-order chi connectivity index (χ0) is 21.5. The monoisotopic (exact) mass is 433 g/mol. The first kappa shape index (κ1) is 22.1. The first-order chi connectivity index (χ1) is 15.2. The Morgan fingerprint density at radius 1 is 0.774 bits per heavy atom. The van der Waals surface area contributed by atoms with Gasteiger partial charge in [0.2, 0.25) is 0 Å². The van der Waals surface area contributed by atoms with Crippen LogP contribution in [0, 0.1) is 5.92 Å². The highest BCUT2D eigenvalue weighted by atomic mass is 35.5. The van der Waals surface area contributed by atoms with E-state index in [1.807, 2.05) is 48.5 Å². The number of unbranched alkanes of at least 4 members (excludes halogenated alkanes) is 1. The van der Waals surface area contributed by atoms with Gasteiger partial charge < -0.3 is 10.0 Å². The third-order valence-corrected chi connectivity index (χ3v) is 6.96. The summed E-state index contributed by atoms with van der Waals surface area (Å²) < 4.78 is 0. The average Bonchev–Trinajstić information content (AvgIpc) is 2.84. The Morgan fingerprint density at radius 3 is 1.87 bits per heavy atom. The van der Waals surface area contributed by atoms with Crippen molar-refractivity contribution in [1.82, 2.24) is 4.90 Å². The molecule has 0 amide bonds. The highest BCUT2D eigenvalue weighted by molar-refractivity contribution is 6.30. The molecule has 0 radical (unpaired) electrons. The fourth-order valence-corrected chi connectivity index (χ4v) is 5.04. The molecule has 2 nitrogen and oxygen atoms in total. The maximum absolute atomic E-state index is 12.0. The Hall–Kier alpha value is -2.13. The number of rotatable bonds is 8. The molecule has 0 unspecified atom stereocenters. The molecule has 1 fully saturated rings. The second kappa shape index (κ2) is 10.5. The van der Waals surface area contributed by atoms with Crippen molar-refractivity contribution in [2.75, 3.05) is 19.6 Å². The van der Waals surface area contributed by atoms with Gasteiger partial charge in [0.15, 0.2) is 0 Å². The number of benzene rings is 3. The Morgan fingerprint density at radius 2 is 1.32 bits per heavy atom. The van der Waals surface area contributed by atoms with Crippen LogP contribution in [0.4, 0.5) is 0 Å². The Labute approximate surface area is 191 Å². The molecular formula is C28H32ClNO. The molecule has 0 aromatic heterocycles. The normalized spacial score (nSPS) is 15.8. The van der Waals surface area contributed by atoms with Crippen LogP contribution in [0.5, 0.6) is 0 Å². The topological polar surface area (TPSA) is 23.5 Å². The number of piperidine rings is 1. The zero-order valence-electron chi connectivity index (χ0n) is 18.1. The highest BCUT2D eigenvalue weighted by Crippen LogP contribution is 2.41. The lowest BCUT2D eigenvalue weighted by atomic mass is 9.72. The molecule has 162 valence electrons. The van der Waals surface area contributed by atoms with Gasteiger partial charge in [-0.25, -0.2) is 0 Å². The minimum Gasteiger partial charge on any atom is -0.380 e. The van der Waals surface area contributed by atoms with Crippen molar-refractivity contribution in [2.24, 2.45) is 5.92 Å². The Kier molecular flexibility index (Phi) is 7.45. The summed E-state index contributed by atoms with van der Waals surface area (Å²) >= 11 is 5.97. The molecule has 1 N–H and O–H groups in total. The number of hydrogen-bond acceptors (Lipinski definition) is 2. The van der Waals surface area contributed by atoms with Gasteiger partial charge in [0, 0.05) is 5.02 Å². The summed E-state index contributed by atoms with van der Waals surface area (Å²) in [5, 5.41) is 12.8. The lowest BCUT2D eigenvalue weighted by Crippen LogP contribution is -2.44. The largest absolute Gasteiger partial charge is 0.380 e. The third kappa shape index (κ3) is 5.38. The van der Waals surface area contributed by atoms with Gasteiger partial charge >= 0.3 is 0 Å². The molecule has 1 heterocycles. The Balaban J connectivity index is 1.33. The summed E-state index contributed by atoms with van der Waals surface area (Å²) in [5.74, 6) is 0.225. The highest BCUT2D eigenvalue weighted by Gasteiger charge is 2.41. The molecule has 31 heavy (non-hydrogen) atoms. The predicted molar refractivity (Wildman–Crippen MR) is 129 cm³/mol. The van der Waals surface area contributed by atoms with Crippen LogP contribution in [0.2, 0.25) is 5.02 Å². The van der Waals surface area contributed by atoms with Crippen LogP contribution in [0.25, 0.3) is 0 Å². The molecule has 1 saturated heterocycles. The number of likely N-dealkylation sites (tertiary alicyclic amines) is 1. The molecule has 0 bridgehead atoms. The van der Waals surface area contributed by atoms with Gasteiger partial charge in [0.05, 0.1) is 0 Å². The van der Waals surface area contributed by atoms with Crippen molar-refractivity contribution in [3.05, 3.63) is 107 Å². The molecule has 0 spiro atoms. The zero-order valence-corrected chi connectivity index (χ0v) is 18.8. The molecule has 3 aromatic carbocycles. The van der Waals surface area contributed by atoms with Gasteiger partial charge in [-0.3, -0.25) is 0 Å². The number of halogens is 1. The van der Waals surface area contributed by atoms with Crippen molar-refractivity contribution in [2.45, 2.75) is 37.7 Å². The molecule has 3 aromatic rings. The van der Waals surface area contributed by atoms with Gasteiger partial charge in [0.25, 0.3) is 0 Å². The molecule has 3 heteroatoms. The smallest absolute Gasteiger partial charge is 0.117 e. The van der Waals surface area contributed by atoms with Gasteiger partial charge in [-0.05, 0) is 86.5 Å². The summed E-state index contributed by atoms with van der Waals surface area (Å²) in [6, 6.07) is 28.6. The van der Waals surface area contributed by atoms with E-state index in [-0.39, 0.29) is 5.92 Å². The van der Waals surface area contributed by atoms with Crippen LogP contribution in [-0.2, 0) is 12.0 Å². The van der Waals surface area contributed by atoms with E-state index in [2.05, 4.69) is 41.3 Å². The van der Waals surface area contributed by atoms with Crippen molar-refractivity contribution in [3.8, 4) is 0 Å². The molecule has 4 rings (SSSR count). The molecule has 0 atom stereocenters. The van der Waals surface area contributed by atoms with Gasteiger partial charge in [-0.2, -0.15) is 0 Å². The van der Waals surface area contributed by atoms with Crippen LogP contribution in [-0.4, -0.2) is 29.6 Å². The second-order valence-electron chi connectivity index (χ2n) is 8.70. The quantitative estimate of drug-likeness (QED) is 0.420. The van der Waals surface area contributed by atoms with E-state index in [4.69, 9.17) is 11.6 Å². The van der Waals surface area contributed by atoms with E-state index >= 15 is 0 Å².